The minimum Gasteiger partial charge on any atom is -0.316 e. The van der Waals surface area contributed by atoms with Crippen molar-refractivity contribution in [2.45, 2.75) is 66.2 Å². The first-order valence-electron chi connectivity index (χ1n) is 7.71. The highest BCUT2D eigenvalue weighted by molar-refractivity contribution is 4.95. The van der Waals surface area contributed by atoms with Crippen molar-refractivity contribution in [1.82, 2.24) is 5.32 Å². The summed E-state index contributed by atoms with van der Waals surface area (Å²) in [4.78, 5) is 0. The molecule has 1 N–H and O–H groups in total. The normalized spacial score (nSPS) is 39.5. The van der Waals surface area contributed by atoms with Crippen molar-refractivity contribution < 1.29 is 0 Å². The Bertz CT molecular complexity index is 248. The molecule has 1 atom stereocenters. The molecule has 1 spiro atoms. The molecular weight excluding hydrogens is 206 g/mol. The van der Waals surface area contributed by atoms with Crippen molar-refractivity contribution in [2.75, 3.05) is 13.1 Å². The van der Waals surface area contributed by atoms with Crippen LogP contribution in [0.1, 0.15) is 66.2 Å². The average Bonchev–Trinajstić information content (AvgIpc) is 2.34. The highest BCUT2D eigenvalue weighted by atomic mass is 14.9. The molecule has 0 radical (unpaired) electrons. The van der Waals surface area contributed by atoms with Crippen LogP contribution in [0.4, 0.5) is 0 Å². The van der Waals surface area contributed by atoms with Crippen molar-refractivity contribution in [1.29, 1.82) is 0 Å². The Balaban J connectivity index is 1.97. The summed E-state index contributed by atoms with van der Waals surface area (Å²) < 4.78 is 0. The molecule has 2 fully saturated rings. The first kappa shape index (κ1) is 13.4. The van der Waals surface area contributed by atoms with Gasteiger partial charge in [0, 0.05) is 0 Å². The molecule has 2 aliphatic rings. The van der Waals surface area contributed by atoms with Crippen LogP contribution in [-0.2, 0) is 0 Å². The van der Waals surface area contributed by atoms with Crippen molar-refractivity contribution in [2.24, 2.45) is 22.7 Å². The molecule has 0 aromatic rings. The molecule has 1 aliphatic heterocycles. The van der Waals surface area contributed by atoms with E-state index < -0.39 is 0 Å². The highest BCUT2D eigenvalue weighted by Gasteiger charge is 2.43. The average molecular weight is 237 g/mol. The summed E-state index contributed by atoms with van der Waals surface area (Å²) in [7, 11) is 0. The van der Waals surface area contributed by atoms with Crippen LogP contribution in [0.15, 0.2) is 0 Å². The maximum atomic E-state index is 3.56. The molecule has 1 nitrogen and oxygen atoms in total. The van der Waals surface area contributed by atoms with Gasteiger partial charge in [-0.3, -0.25) is 0 Å². The fourth-order valence-electron chi connectivity index (χ4n) is 4.12. The summed E-state index contributed by atoms with van der Waals surface area (Å²) >= 11 is 0. The molecule has 0 amide bonds. The van der Waals surface area contributed by atoms with E-state index in [0.29, 0.717) is 10.8 Å². The fourth-order valence-corrected chi connectivity index (χ4v) is 4.12. The van der Waals surface area contributed by atoms with E-state index in [2.05, 4.69) is 33.0 Å². The Labute approximate surface area is 108 Å². The number of nitrogens with one attached hydrogen (secondary N) is 1. The molecule has 17 heavy (non-hydrogen) atoms. The van der Waals surface area contributed by atoms with Gasteiger partial charge < -0.3 is 5.32 Å². The van der Waals surface area contributed by atoms with Crippen LogP contribution in [0.5, 0.6) is 0 Å². The lowest BCUT2D eigenvalue weighted by atomic mass is 9.57. The molecule has 100 valence electrons. The van der Waals surface area contributed by atoms with Crippen molar-refractivity contribution in [3.8, 4) is 0 Å². The van der Waals surface area contributed by atoms with Crippen LogP contribution in [-0.4, -0.2) is 13.1 Å². The van der Waals surface area contributed by atoms with Crippen molar-refractivity contribution >= 4 is 0 Å². The third-order valence-electron chi connectivity index (χ3n) is 6.29. The summed E-state index contributed by atoms with van der Waals surface area (Å²) in [6.07, 6.45) is 8.69. The zero-order valence-electron chi connectivity index (χ0n) is 12.3. The Morgan fingerprint density at radius 3 is 2.35 bits per heavy atom. The molecule has 1 aliphatic carbocycles. The topological polar surface area (TPSA) is 12.0 Å². The molecule has 1 unspecified atom stereocenters. The SMILES string of the molecule is CCC(C)(C)C1CCC2(CCNCC2C)CC1. The highest BCUT2D eigenvalue weighted by Crippen LogP contribution is 2.52. The number of hydrogen-bond donors (Lipinski definition) is 1. The monoisotopic (exact) mass is 237 g/mol. The van der Waals surface area contributed by atoms with Crippen molar-refractivity contribution in [3.63, 3.8) is 0 Å². The second-order valence-corrected chi connectivity index (χ2v) is 7.33. The van der Waals surface area contributed by atoms with Gasteiger partial charge in [0.1, 0.15) is 0 Å². The van der Waals surface area contributed by atoms with Gasteiger partial charge in [-0.05, 0) is 67.9 Å². The van der Waals surface area contributed by atoms with Gasteiger partial charge in [0.25, 0.3) is 0 Å². The lowest BCUT2D eigenvalue weighted by molar-refractivity contribution is 0.0177. The van der Waals surface area contributed by atoms with Gasteiger partial charge >= 0.3 is 0 Å². The minimum atomic E-state index is 0.567. The predicted octanol–water partition coefficient (Wildman–Crippen LogP) is 4.23. The Morgan fingerprint density at radius 2 is 1.82 bits per heavy atom. The lowest BCUT2D eigenvalue weighted by Crippen LogP contribution is -2.46. The molecule has 1 heterocycles. The molecule has 0 bridgehead atoms. The Morgan fingerprint density at radius 1 is 1.18 bits per heavy atom. The molecular formula is C16H31N. The first-order valence-corrected chi connectivity index (χ1v) is 7.71. The molecule has 1 saturated heterocycles. The van der Waals surface area contributed by atoms with E-state index >= 15 is 0 Å². The number of rotatable bonds is 2. The molecule has 1 saturated carbocycles. The molecule has 0 aromatic carbocycles. The number of hydrogen-bond acceptors (Lipinski definition) is 1. The van der Waals surface area contributed by atoms with Gasteiger partial charge in [-0.25, -0.2) is 0 Å². The smallest absolute Gasteiger partial charge is 0.00178 e. The van der Waals surface area contributed by atoms with E-state index in [9.17, 15) is 0 Å². The summed E-state index contributed by atoms with van der Waals surface area (Å²) in [6.45, 7) is 12.3. The fraction of sp³-hybridized carbons (Fsp3) is 1.00. The van der Waals surface area contributed by atoms with Gasteiger partial charge in [-0.1, -0.05) is 34.1 Å². The van der Waals surface area contributed by atoms with Crippen molar-refractivity contribution in [3.05, 3.63) is 0 Å². The standard InChI is InChI=1S/C16H31N/c1-5-15(3,4)14-6-8-16(9-7-14)10-11-17-12-13(16)2/h13-14,17H,5-12H2,1-4H3. The summed E-state index contributed by atoms with van der Waals surface area (Å²) in [5, 5.41) is 3.56. The lowest BCUT2D eigenvalue weighted by Gasteiger charge is -2.50. The van der Waals surface area contributed by atoms with Crippen LogP contribution in [0.25, 0.3) is 0 Å². The quantitative estimate of drug-likeness (QED) is 0.758. The first-order chi connectivity index (χ1) is 8.00. The van der Waals surface area contributed by atoms with E-state index in [1.807, 2.05) is 0 Å². The third kappa shape index (κ3) is 2.54. The van der Waals surface area contributed by atoms with E-state index in [0.717, 1.165) is 11.8 Å². The third-order valence-corrected chi connectivity index (χ3v) is 6.29. The van der Waals surface area contributed by atoms with E-state index in [1.165, 1.54) is 51.6 Å². The maximum Gasteiger partial charge on any atom is -0.00178 e. The summed E-state index contributed by atoms with van der Waals surface area (Å²) in [6, 6.07) is 0. The summed E-state index contributed by atoms with van der Waals surface area (Å²) in [5.41, 5.74) is 1.27. The minimum absolute atomic E-state index is 0.567. The van der Waals surface area contributed by atoms with Crippen LogP contribution in [0.2, 0.25) is 0 Å². The van der Waals surface area contributed by atoms with Crippen LogP contribution < -0.4 is 5.32 Å². The van der Waals surface area contributed by atoms with Gasteiger partial charge in [0.2, 0.25) is 0 Å². The molecule has 1 heteroatoms. The molecule has 0 aromatic heterocycles. The van der Waals surface area contributed by atoms with Crippen LogP contribution in [0.3, 0.4) is 0 Å². The van der Waals surface area contributed by atoms with E-state index in [-0.39, 0.29) is 0 Å². The zero-order valence-corrected chi connectivity index (χ0v) is 12.3. The second kappa shape index (κ2) is 4.91. The Hall–Kier alpha value is -0.0400. The van der Waals surface area contributed by atoms with E-state index in [1.54, 1.807) is 0 Å². The second-order valence-electron chi connectivity index (χ2n) is 7.33. The zero-order chi connectivity index (χ0) is 12.5. The van der Waals surface area contributed by atoms with Crippen LogP contribution >= 0.6 is 0 Å². The number of piperidine rings is 1. The predicted molar refractivity (Wildman–Crippen MR) is 75.1 cm³/mol. The van der Waals surface area contributed by atoms with E-state index in [4.69, 9.17) is 0 Å². The van der Waals surface area contributed by atoms with Gasteiger partial charge in [-0.2, -0.15) is 0 Å². The Kier molecular flexibility index (Phi) is 3.87. The van der Waals surface area contributed by atoms with Gasteiger partial charge in [-0.15, -0.1) is 0 Å². The molecule has 2 rings (SSSR count). The summed E-state index contributed by atoms with van der Waals surface area (Å²) in [5.74, 6) is 1.86. The van der Waals surface area contributed by atoms with Gasteiger partial charge in [0.15, 0.2) is 0 Å². The van der Waals surface area contributed by atoms with Crippen LogP contribution in [0, 0.1) is 22.7 Å². The maximum absolute atomic E-state index is 3.56. The largest absolute Gasteiger partial charge is 0.316 e. The van der Waals surface area contributed by atoms with Gasteiger partial charge in [0.05, 0.1) is 0 Å².